The Labute approximate surface area is 96.7 Å². The van der Waals surface area contributed by atoms with Gasteiger partial charge in [-0.05, 0) is 25.5 Å². The Morgan fingerprint density at radius 2 is 2.31 bits per heavy atom. The molecule has 1 unspecified atom stereocenters. The van der Waals surface area contributed by atoms with E-state index in [0.717, 1.165) is 12.1 Å². The van der Waals surface area contributed by atoms with Crippen molar-refractivity contribution in [2.75, 3.05) is 19.4 Å². The molecule has 0 bridgehead atoms. The molecule has 1 heterocycles. The van der Waals surface area contributed by atoms with E-state index in [1.165, 1.54) is 0 Å². The molecule has 0 radical (unpaired) electrons. The number of carbonyl (C=O) groups excluding carboxylic acids is 1. The summed E-state index contributed by atoms with van der Waals surface area (Å²) in [4.78, 5) is 17.9. The molecule has 4 nitrogen and oxygen atoms in total. The quantitative estimate of drug-likeness (QED) is 0.845. The van der Waals surface area contributed by atoms with Crippen LogP contribution >= 0.6 is 0 Å². The predicted octanol–water partition coefficient (Wildman–Crippen LogP) is 1.99. The zero-order valence-electron chi connectivity index (χ0n) is 10.3. The highest BCUT2D eigenvalue weighted by atomic mass is 16.2. The van der Waals surface area contributed by atoms with Crippen molar-refractivity contribution in [2.24, 2.45) is 0 Å². The number of hydrogen-bond acceptors (Lipinski definition) is 3. The third-order valence-corrected chi connectivity index (χ3v) is 2.84. The molecule has 4 heteroatoms. The van der Waals surface area contributed by atoms with Crippen molar-refractivity contribution in [1.82, 2.24) is 9.88 Å². The van der Waals surface area contributed by atoms with Gasteiger partial charge < -0.3 is 10.2 Å². The molecule has 0 aromatic carbocycles. The number of nitrogens with one attached hydrogen (secondary N) is 1. The summed E-state index contributed by atoms with van der Waals surface area (Å²) < 4.78 is 0. The fourth-order valence-corrected chi connectivity index (χ4v) is 1.36. The molecule has 16 heavy (non-hydrogen) atoms. The molecule has 1 rings (SSSR count). The van der Waals surface area contributed by atoms with Crippen LogP contribution in [0.2, 0.25) is 0 Å². The largest absolute Gasteiger partial charge is 0.388 e. The van der Waals surface area contributed by atoms with Gasteiger partial charge in [-0.1, -0.05) is 6.92 Å². The second kappa shape index (κ2) is 5.49. The van der Waals surface area contributed by atoms with Gasteiger partial charge in [-0.25, -0.2) is 0 Å². The molecule has 1 aromatic rings. The maximum absolute atomic E-state index is 12.0. The highest BCUT2D eigenvalue weighted by Gasteiger charge is 2.17. The van der Waals surface area contributed by atoms with E-state index in [0.29, 0.717) is 5.69 Å². The van der Waals surface area contributed by atoms with E-state index in [-0.39, 0.29) is 11.9 Å². The summed E-state index contributed by atoms with van der Waals surface area (Å²) in [5, 5.41) is 2.99. The maximum atomic E-state index is 12.0. The molecule has 0 fully saturated rings. The molecule has 1 N–H and O–H groups in total. The van der Waals surface area contributed by atoms with Crippen LogP contribution < -0.4 is 5.32 Å². The van der Waals surface area contributed by atoms with Crippen LogP contribution in [-0.2, 0) is 0 Å². The molecule has 88 valence electrons. The van der Waals surface area contributed by atoms with Gasteiger partial charge in [0.15, 0.2) is 0 Å². The van der Waals surface area contributed by atoms with E-state index >= 15 is 0 Å². The second-order valence-electron chi connectivity index (χ2n) is 3.85. The Morgan fingerprint density at radius 3 is 2.88 bits per heavy atom. The topological polar surface area (TPSA) is 45.2 Å². The zero-order chi connectivity index (χ0) is 12.1. The Kier molecular flexibility index (Phi) is 4.28. The van der Waals surface area contributed by atoms with Crippen molar-refractivity contribution in [2.45, 2.75) is 26.3 Å². The summed E-state index contributed by atoms with van der Waals surface area (Å²) in [6.07, 6.45) is 2.58. The van der Waals surface area contributed by atoms with Crippen LogP contribution in [-0.4, -0.2) is 35.9 Å². The van der Waals surface area contributed by atoms with Gasteiger partial charge in [-0.3, -0.25) is 9.78 Å². The van der Waals surface area contributed by atoms with Crippen LogP contribution in [0.4, 0.5) is 5.69 Å². The first kappa shape index (κ1) is 12.5. The number of nitrogens with zero attached hydrogens (tertiary/aromatic N) is 2. The highest BCUT2D eigenvalue weighted by Crippen LogP contribution is 2.11. The summed E-state index contributed by atoms with van der Waals surface area (Å²) in [7, 11) is 3.63. The van der Waals surface area contributed by atoms with E-state index < -0.39 is 0 Å². The number of carbonyl (C=O) groups is 1. The average Bonchev–Trinajstić information content (AvgIpc) is 2.36. The molecule has 1 amide bonds. The van der Waals surface area contributed by atoms with Crippen molar-refractivity contribution in [3.05, 3.63) is 24.0 Å². The van der Waals surface area contributed by atoms with E-state index in [2.05, 4.69) is 17.2 Å². The summed E-state index contributed by atoms with van der Waals surface area (Å²) in [5.74, 6) is -0.0357. The Balaban J connectivity index is 2.87. The van der Waals surface area contributed by atoms with E-state index in [9.17, 15) is 4.79 Å². The lowest BCUT2D eigenvalue weighted by atomic mass is 10.2. The molecule has 0 aliphatic heterocycles. The lowest BCUT2D eigenvalue weighted by molar-refractivity contribution is 0.0734. The monoisotopic (exact) mass is 221 g/mol. The standard InChI is InChI=1S/C12H19N3O/c1-5-9(2)15(4)12(16)11-8-10(13-3)6-7-14-11/h6-9H,5H2,1-4H3,(H,13,14). The van der Waals surface area contributed by atoms with Crippen molar-refractivity contribution < 1.29 is 4.79 Å². The summed E-state index contributed by atoms with van der Waals surface area (Å²) >= 11 is 0. The fraction of sp³-hybridized carbons (Fsp3) is 0.500. The maximum Gasteiger partial charge on any atom is 0.272 e. The fourth-order valence-electron chi connectivity index (χ4n) is 1.36. The smallest absolute Gasteiger partial charge is 0.272 e. The number of hydrogen-bond donors (Lipinski definition) is 1. The molecular formula is C12H19N3O. The summed E-state index contributed by atoms with van der Waals surface area (Å²) in [6, 6.07) is 3.83. The second-order valence-corrected chi connectivity index (χ2v) is 3.85. The predicted molar refractivity (Wildman–Crippen MR) is 65.6 cm³/mol. The Hall–Kier alpha value is -1.58. The summed E-state index contributed by atoms with van der Waals surface area (Å²) in [6.45, 7) is 4.09. The third kappa shape index (κ3) is 2.72. The Bertz CT molecular complexity index is 365. The van der Waals surface area contributed by atoms with Crippen molar-refractivity contribution in [1.29, 1.82) is 0 Å². The lowest BCUT2D eigenvalue weighted by Gasteiger charge is -2.23. The average molecular weight is 221 g/mol. The van der Waals surface area contributed by atoms with Crippen molar-refractivity contribution in [3.8, 4) is 0 Å². The van der Waals surface area contributed by atoms with E-state index in [1.807, 2.05) is 27.1 Å². The van der Waals surface area contributed by atoms with Crippen LogP contribution in [0.3, 0.4) is 0 Å². The lowest BCUT2D eigenvalue weighted by Crippen LogP contribution is -2.35. The first-order valence-electron chi connectivity index (χ1n) is 5.51. The van der Waals surface area contributed by atoms with Crippen molar-refractivity contribution in [3.63, 3.8) is 0 Å². The molecule has 0 saturated heterocycles. The first-order chi connectivity index (χ1) is 7.60. The van der Waals surface area contributed by atoms with Crippen LogP contribution in [0.5, 0.6) is 0 Å². The van der Waals surface area contributed by atoms with Crippen LogP contribution in [0.25, 0.3) is 0 Å². The number of amides is 1. The normalized spacial score (nSPS) is 12.0. The van der Waals surface area contributed by atoms with Gasteiger partial charge in [0, 0.05) is 32.0 Å². The molecule has 1 atom stereocenters. The van der Waals surface area contributed by atoms with Gasteiger partial charge in [-0.15, -0.1) is 0 Å². The minimum Gasteiger partial charge on any atom is -0.388 e. The van der Waals surface area contributed by atoms with Gasteiger partial charge in [0.2, 0.25) is 0 Å². The van der Waals surface area contributed by atoms with Gasteiger partial charge in [0.05, 0.1) is 0 Å². The minimum atomic E-state index is -0.0357. The first-order valence-corrected chi connectivity index (χ1v) is 5.51. The third-order valence-electron chi connectivity index (χ3n) is 2.84. The van der Waals surface area contributed by atoms with Crippen LogP contribution in [0.1, 0.15) is 30.8 Å². The number of aromatic nitrogens is 1. The summed E-state index contributed by atoms with van der Waals surface area (Å²) in [5.41, 5.74) is 1.38. The van der Waals surface area contributed by atoms with Crippen LogP contribution in [0.15, 0.2) is 18.3 Å². The number of pyridine rings is 1. The Morgan fingerprint density at radius 1 is 1.62 bits per heavy atom. The van der Waals surface area contributed by atoms with Gasteiger partial charge >= 0.3 is 0 Å². The van der Waals surface area contributed by atoms with E-state index in [1.54, 1.807) is 17.2 Å². The minimum absolute atomic E-state index is 0.0357. The number of anilines is 1. The van der Waals surface area contributed by atoms with Crippen molar-refractivity contribution >= 4 is 11.6 Å². The van der Waals surface area contributed by atoms with E-state index in [4.69, 9.17) is 0 Å². The number of rotatable bonds is 4. The van der Waals surface area contributed by atoms with Gasteiger partial charge in [0.25, 0.3) is 5.91 Å². The molecule has 0 aliphatic rings. The molecule has 0 spiro atoms. The zero-order valence-corrected chi connectivity index (χ0v) is 10.3. The van der Waals surface area contributed by atoms with Gasteiger partial charge in [-0.2, -0.15) is 0 Å². The molecule has 0 saturated carbocycles. The molecular weight excluding hydrogens is 202 g/mol. The highest BCUT2D eigenvalue weighted by molar-refractivity contribution is 5.93. The molecule has 1 aromatic heterocycles. The van der Waals surface area contributed by atoms with Crippen LogP contribution in [0, 0.1) is 0 Å². The molecule has 0 aliphatic carbocycles. The van der Waals surface area contributed by atoms with Gasteiger partial charge in [0.1, 0.15) is 5.69 Å². The SMILES string of the molecule is CCC(C)N(C)C(=O)c1cc(NC)ccn1.